The molecule has 4 N–H and O–H groups in total. The van der Waals surface area contributed by atoms with Gasteiger partial charge in [-0.2, -0.15) is 0 Å². The first-order valence-electron chi connectivity index (χ1n) is 6.08. The molecule has 0 saturated heterocycles. The number of esters is 1. The molecule has 9 heteroatoms. The summed E-state index contributed by atoms with van der Waals surface area (Å²) in [7, 11) is 1.25. The van der Waals surface area contributed by atoms with Crippen molar-refractivity contribution in [3.63, 3.8) is 0 Å². The maximum Gasteiger partial charge on any atom is 0.337 e. The summed E-state index contributed by atoms with van der Waals surface area (Å²) in [6.45, 7) is 0. The second kappa shape index (κ2) is 6.39. The minimum absolute atomic E-state index is 0.124. The highest BCUT2D eigenvalue weighted by atomic mass is 16.5. The van der Waals surface area contributed by atoms with Gasteiger partial charge in [-0.15, -0.1) is 0 Å². The van der Waals surface area contributed by atoms with Gasteiger partial charge in [0.15, 0.2) is 0 Å². The third-order valence-electron chi connectivity index (χ3n) is 2.61. The Labute approximate surface area is 123 Å². The van der Waals surface area contributed by atoms with Gasteiger partial charge in [-0.25, -0.2) is 14.4 Å². The van der Waals surface area contributed by atoms with E-state index in [1.807, 2.05) is 4.98 Å². The molecule has 1 aromatic carbocycles. The van der Waals surface area contributed by atoms with E-state index in [-0.39, 0.29) is 11.3 Å². The lowest BCUT2D eigenvalue weighted by atomic mass is 10.2. The Kier molecular flexibility index (Phi) is 4.37. The molecule has 0 fully saturated rings. The predicted octanol–water partition coefficient (Wildman–Crippen LogP) is 0.494. The Morgan fingerprint density at radius 2 is 1.95 bits per heavy atom. The quantitative estimate of drug-likeness (QED) is 0.612. The lowest BCUT2D eigenvalue weighted by Gasteiger charge is -2.07. The third kappa shape index (κ3) is 3.60. The van der Waals surface area contributed by atoms with Crippen molar-refractivity contribution in [1.29, 1.82) is 0 Å². The molecule has 0 bridgehead atoms. The van der Waals surface area contributed by atoms with Crippen molar-refractivity contribution in [3.05, 3.63) is 56.9 Å². The van der Waals surface area contributed by atoms with Gasteiger partial charge in [0.1, 0.15) is 5.69 Å². The second-order valence-electron chi connectivity index (χ2n) is 4.14. The van der Waals surface area contributed by atoms with Crippen LogP contribution in [-0.2, 0) is 4.74 Å². The fraction of sp³-hybridized carbons (Fsp3) is 0.0769. The van der Waals surface area contributed by atoms with Gasteiger partial charge < -0.3 is 20.4 Å². The SMILES string of the molecule is COC(=O)c1cccc(NC(=O)Nc2c[nH]c(=O)[nH]c2=O)c1. The molecule has 0 spiro atoms. The average molecular weight is 304 g/mol. The summed E-state index contributed by atoms with van der Waals surface area (Å²) in [4.78, 5) is 49.7. The molecule has 0 aliphatic heterocycles. The zero-order chi connectivity index (χ0) is 16.1. The Morgan fingerprint density at radius 1 is 1.18 bits per heavy atom. The number of aromatic amines is 2. The van der Waals surface area contributed by atoms with Crippen molar-refractivity contribution in [2.24, 2.45) is 0 Å². The summed E-state index contributed by atoms with van der Waals surface area (Å²) in [6.07, 6.45) is 1.08. The molecule has 0 unspecified atom stereocenters. The molecule has 2 aromatic rings. The van der Waals surface area contributed by atoms with Crippen molar-refractivity contribution in [3.8, 4) is 0 Å². The van der Waals surface area contributed by atoms with E-state index in [1.54, 1.807) is 12.1 Å². The summed E-state index contributed by atoms with van der Waals surface area (Å²) >= 11 is 0. The predicted molar refractivity (Wildman–Crippen MR) is 78.1 cm³/mol. The molecule has 9 nitrogen and oxygen atoms in total. The number of hydrogen-bond donors (Lipinski definition) is 4. The maximum atomic E-state index is 11.8. The first-order chi connectivity index (χ1) is 10.5. The summed E-state index contributed by atoms with van der Waals surface area (Å²) in [5.74, 6) is -0.541. The van der Waals surface area contributed by atoms with E-state index in [2.05, 4.69) is 20.4 Å². The molecule has 22 heavy (non-hydrogen) atoms. The zero-order valence-electron chi connectivity index (χ0n) is 11.4. The monoisotopic (exact) mass is 304 g/mol. The van der Waals surface area contributed by atoms with E-state index in [9.17, 15) is 19.2 Å². The normalized spacial score (nSPS) is 9.86. The van der Waals surface area contributed by atoms with Crippen LogP contribution in [0.15, 0.2) is 40.1 Å². The number of hydrogen-bond acceptors (Lipinski definition) is 5. The van der Waals surface area contributed by atoms with Crippen molar-refractivity contribution < 1.29 is 14.3 Å². The Morgan fingerprint density at radius 3 is 2.64 bits per heavy atom. The van der Waals surface area contributed by atoms with Crippen LogP contribution in [0.3, 0.4) is 0 Å². The molecule has 0 atom stereocenters. The van der Waals surface area contributed by atoms with Gasteiger partial charge in [-0.1, -0.05) is 6.07 Å². The molecule has 2 rings (SSSR count). The fourth-order valence-corrected chi connectivity index (χ4v) is 1.63. The number of carbonyl (C=O) groups excluding carboxylic acids is 2. The molecule has 0 aliphatic rings. The largest absolute Gasteiger partial charge is 0.465 e. The molecular formula is C13H12N4O5. The number of carbonyl (C=O) groups is 2. The smallest absolute Gasteiger partial charge is 0.337 e. The van der Waals surface area contributed by atoms with E-state index in [0.717, 1.165) is 6.20 Å². The minimum Gasteiger partial charge on any atom is -0.465 e. The molecule has 1 heterocycles. The molecule has 1 aromatic heterocycles. The maximum absolute atomic E-state index is 11.8. The summed E-state index contributed by atoms with van der Waals surface area (Å²) in [6, 6.07) is 5.36. The van der Waals surface area contributed by atoms with Gasteiger partial charge in [-0.05, 0) is 18.2 Å². The zero-order valence-corrected chi connectivity index (χ0v) is 11.4. The number of methoxy groups -OCH3 is 1. The topological polar surface area (TPSA) is 133 Å². The van der Waals surface area contributed by atoms with Gasteiger partial charge in [0.05, 0.1) is 12.7 Å². The molecule has 0 saturated carbocycles. The molecule has 114 valence electrons. The number of urea groups is 1. The highest BCUT2D eigenvalue weighted by molar-refractivity contribution is 6.00. The number of nitrogens with one attached hydrogen (secondary N) is 4. The first-order valence-corrected chi connectivity index (χ1v) is 6.08. The van der Waals surface area contributed by atoms with E-state index in [1.165, 1.54) is 19.2 Å². The number of anilines is 2. The number of ether oxygens (including phenoxy) is 1. The van der Waals surface area contributed by atoms with Crippen LogP contribution in [0.2, 0.25) is 0 Å². The van der Waals surface area contributed by atoms with Gasteiger partial charge in [0.2, 0.25) is 0 Å². The van der Waals surface area contributed by atoms with E-state index in [4.69, 9.17) is 0 Å². The van der Waals surface area contributed by atoms with Crippen molar-refractivity contribution in [2.45, 2.75) is 0 Å². The lowest BCUT2D eigenvalue weighted by molar-refractivity contribution is 0.0600. The first kappa shape index (κ1) is 15.0. The van der Waals surface area contributed by atoms with Crippen LogP contribution in [0, 0.1) is 0 Å². The Hall–Kier alpha value is -3.36. The summed E-state index contributed by atoms with van der Waals surface area (Å²) < 4.78 is 4.57. The van der Waals surface area contributed by atoms with Crippen LogP contribution in [0.4, 0.5) is 16.2 Å². The summed E-state index contributed by atoms with van der Waals surface area (Å²) in [5.41, 5.74) is -0.936. The number of aromatic nitrogens is 2. The van der Waals surface area contributed by atoms with Gasteiger partial charge in [0.25, 0.3) is 5.56 Å². The molecule has 0 aliphatic carbocycles. The van der Waals surface area contributed by atoms with Crippen LogP contribution in [0.1, 0.15) is 10.4 Å². The van der Waals surface area contributed by atoms with Crippen LogP contribution in [-0.4, -0.2) is 29.1 Å². The highest BCUT2D eigenvalue weighted by Crippen LogP contribution is 2.11. The van der Waals surface area contributed by atoms with Gasteiger partial charge in [-0.3, -0.25) is 9.78 Å². The lowest BCUT2D eigenvalue weighted by Crippen LogP contribution is -2.28. The van der Waals surface area contributed by atoms with Crippen molar-refractivity contribution >= 4 is 23.4 Å². The van der Waals surface area contributed by atoms with Gasteiger partial charge >= 0.3 is 17.7 Å². The van der Waals surface area contributed by atoms with Crippen molar-refractivity contribution in [2.75, 3.05) is 17.7 Å². The Bertz CT molecular complexity index is 823. The highest BCUT2D eigenvalue weighted by Gasteiger charge is 2.09. The number of rotatable bonds is 3. The molecule has 0 radical (unpaired) electrons. The van der Waals surface area contributed by atoms with E-state index in [0.29, 0.717) is 5.69 Å². The van der Waals surface area contributed by atoms with Crippen LogP contribution >= 0.6 is 0 Å². The van der Waals surface area contributed by atoms with Crippen LogP contribution in [0.25, 0.3) is 0 Å². The van der Waals surface area contributed by atoms with E-state index < -0.39 is 23.2 Å². The summed E-state index contributed by atoms with van der Waals surface area (Å²) in [5, 5.41) is 4.72. The van der Waals surface area contributed by atoms with E-state index >= 15 is 0 Å². The standard InChI is InChI=1S/C13H12N4O5/c1-22-11(19)7-3-2-4-8(5-7)15-13(21)16-9-6-14-12(20)17-10(9)18/h2-6H,1H3,(H2,15,16,21)(H2,14,17,18,20). The number of benzene rings is 1. The molecular weight excluding hydrogens is 292 g/mol. The van der Waals surface area contributed by atoms with Crippen LogP contribution in [0.5, 0.6) is 0 Å². The molecule has 2 amide bonds. The van der Waals surface area contributed by atoms with Crippen molar-refractivity contribution in [1.82, 2.24) is 9.97 Å². The minimum atomic E-state index is -0.734. The Balaban J connectivity index is 2.10. The van der Waals surface area contributed by atoms with Crippen LogP contribution < -0.4 is 21.9 Å². The second-order valence-corrected chi connectivity index (χ2v) is 4.14. The average Bonchev–Trinajstić information content (AvgIpc) is 2.49. The van der Waals surface area contributed by atoms with Gasteiger partial charge in [0, 0.05) is 11.9 Å². The third-order valence-corrected chi connectivity index (χ3v) is 2.61. The fourth-order valence-electron chi connectivity index (χ4n) is 1.63. The number of amides is 2. The number of H-pyrrole nitrogens is 2.